The van der Waals surface area contributed by atoms with Crippen molar-refractivity contribution >= 4 is 5.95 Å². The zero-order chi connectivity index (χ0) is 13.8. The van der Waals surface area contributed by atoms with Gasteiger partial charge in [0.15, 0.2) is 0 Å². The topological polar surface area (TPSA) is 56.1 Å². The molecular weight excluding hydrogens is 249 g/mol. The number of halogens is 1. The molecule has 2 aromatic rings. The first-order chi connectivity index (χ1) is 9.15. The number of hydrogen-bond acceptors (Lipinski definition) is 5. The molecule has 0 aromatic carbocycles. The van der Waals surface area contributed by atoms with Crippen LogP contribution in [-0.2, 0) is 13.1 Å². The molecule has 0 aliphatic heterocycles. The van der Waals surface area contributed by atoms with Gasteiger partial charge in [-0.3, -0.25) is 0 Å². The molecule has 2 heterocycles. The van der Waals surface area contributed by atoms with Crippen LogP contribution in [0.15, 0.2) is 18.6 Å². The second-order valence-electron chi connectivity index (χ2n) is 4.01. The Morgan fingerprint density at radius 3 is 2.89 bits per heavy atom. The highest BCUT2D eigenvalue weighted by Crippen LogP contribution is 2.16. The van der Waals surface area contributed by atoms with Gasteiger partial charge in [0.2, 0.25) is 11.8 Å². The normalized spacial score (nSPS) is 10.5. The lowest BCUT2D eigenvalue weighted by Crippen LogP contribution is -2.22. The molecule has 0 fully saturated rings. The van der Waals surface area contributed by atoms with Gasteiger partial charge < -0.3 is 14.2 Å². The lowest BCUT2D eigenvalue weighted by molar-refractivity contribution is 0.367. The maximum atomic E-state index is 13.2. The summed E-state index contributed by atoms with van der Waals surface area (Å²) in [6.07, 6.45) is 4.76. The molecule has 2 rings (SSSR count). The van der Waals surface area contributed by atoms with Crippen LogP contribution < -0.4 is 9.64 Å². The van der Waals surface area contributed by atoms with Crippen LogP contribution in [0.4, 0.5) is 10.3 Å². The number of nitrogens with zero attached hydrogens (tertiary/aromatic N) is 5. The first-order valence-electron chi connectivity index (χ1n) is 5.93. The van der Waals surface area contributed by atoms with Crippen molar-refractivity contribution in [1.82, 2.24) is 19.5 Å². The number of imidazole rings is 1. The number of aryl methyl sites for hydroxylation is 1. The fourth-order valence-electron chi connectivity index (χ4n) is 1.73. The van der Waals surface area contributed by atoms with Crippen LogP contribution in [0.25, 0.3) is 0 Å². The van der Waals surface area contributed by atoms with Crippen molar-refractivity contribution in [2.24, 2.45) is 0 Å². The smallest absolute Gasteiger partial charge is 0.255 e. The van der Waals surface area contributed by atoms with Crippen molar-refractivity contribution < 1.29 is 9.13 Å². The molecule has 0 spiro atoms. The van der Waals surface area contributed by atoms with Crippen LogP contribution >= 0.6 is 0 Å². The second-order valence-corrected chi connectivity index (χ2v) is 4.01. The molecule has 0 amide bonds. The summed E-state index contributed by atoms with van der Waals surface area (Å²) in [6.45, 7) is 3.43. The number of aromatic nitrogens is 4. The van der Waals surface area contributed by atoms with E-state index in [0.717, 1.165) is 18.6 Å². The number of methoxy groups -OCH3 is 1. The van der Waals surface area contributed by atoms with Crippen LogP contribution in [0.5, 0.6) is 5.88 Å². The van der Waals surface area contributed by atoms with Gasteiger partial charge in [0.25, 0.3) is 5.88 Å². The Kier molecular flexibility index (Phi) is 3.94. The Hall–Kier alpha value is -2.18. The number of anilines is 1. The quantitative estimate of drug-likeness (QED) is 0.819. The summed E-state index contributed by atoms with van der Waals surface area (Å²) in [5, 5.41) is 0. The van der Waals surface area contributed by atoms with Crippen LogP contribution in [0, 0.1) is 5.82 Å². The van der Waals surface area contributed by atoms with E-state index in [1.165, 1.54) is 7.11 Å². The molecule has 0 saturated heterocycles. The molecule has 0 aliphatic rings. The van der Waals surface area contributed by atoms with Gasteiger partial charge in [-0.05, 0) is 6.92 Å². The van der Waals surface area contributed by atoms with Crippen LogP contribution in [0.1, 0.15) is 12.7 Å². The number of ether oxygens (including phenoxy) is 1. The highest BCUT2D eigenvalue weighted by atomic mass is 19.1. The number of hydrogen-bond donors (Lipinski definition) is 0. The van der Waals surface area contributed by atoms with Crippen molar-refractivity contribution in [2.45, 2.75) is 20.0 Å². The summed E-state index contributed by atoms with van der Waals surface area (Å²) in [7, 11) is 3.19. The van der Waals surface area contributed by atoms with Gasteiger partial charge in [0.05, 0.1) is 19.9 Å². The average Bonchev–Trinajstić information content (AvgIpc) is 2.86. The molecule has 0 unspecified atom stereocenters. The monoisotopic (exact) mass is 265 g/mol. The standard InChI is InChI=1S/C12H16FN5O/c1-4-18-6-5-14-10(18)8-17(2)12-15-7-9(13)11(16-12)19-3/h5-7H,4,8H2,1-3H3. The molecule has 19 heavy (non-hydrogen) atoms. The minimum atomic E-state index is -0.574. The Balaban J connectivity index is 2.18. The maximum absolute atomic E-state index is 13.2. The van der Waals surface area contributed by atoms with Crippen molar-refractivity contribution in [1.29, 1.82) is 0 Å². The fourth-order valence-corrected chi connectivity index (χ4v) is 1.73. The molecular formula is C12H16FN5O. The molecule has 6 nitrogen and oxygen atoms in total. The van der Waals surface area contributed by atoms with E-state index in [-0.39, 0.29) is 5.88 Å². The van der Waals surface area contributed by atoms with Gasteiger partial charge in [-0.1, -0.05) is 0 Å². The summed E-state index contributed by atoms with van der Waals surface area (Å²) < 4.78 is 20.1. The van der Waals surface area contributed by atoms with Gasteiger partial charge in [-0.25, -0.2) is 9.97 Å². The van der Waals surface area contributed by atoms with Crippen LogP contribution in [-0.4, -0.2) is 33.7 Å². The summed E-state index contributed by atoms with van der Waals surface area (Å²) in [5.41, 5.74) is 0. The third-order valence-electron chi connectivity index (χ3n) is 2.75. The summed E-state index contributed by atoms with van der Waals surface area (Å²) in [5.74, 6) is 0.659. The molecule has 0 bridgehead atoms. The third kappa shape index (κ3) is 2.81. The lowest BCUT2D eigenvalue weighted by atomic mass is 10.5. The molecule has 2 aromatic heterocycles. The molecule has 0 saturated carbocycles. The zero-order valence-corrected chi connectivity index (χ0v) is 11.2. The molecule has 0 N–H and O–H groups in total. The van der Waals surface area contributed by atoms with Gasteiger partial charge in [0, 0.05) is 26.0 Å². The Labute approximate surface area is 110 Å². The van der Waals surface area contributed by atoms with E-state index in [9.17, 15) is 4.39 Å². The Bertz CT molecular complexity index is 557. The predicted octanol–water partition coefficient (Wildman–Crippen LogP) is 1.48. The molecule has 0 radical (unpaired) electrons. The maximum Gasteiger partial charge on any atom is 0.255 e. The fraction of sp³-hybridized carbons (Fsp3) is 0.417. The summed E-state index contributed by atoms with van der Waals surface area (Å²) in [4.78, 5) is 14.0. The van der Waals surface area contributed by atoms with Crippen molar-refractivity contribution in [3.8, 4) is 5.88 Å². The van der Waals surface area contributed by atoms with Crippen molar-refractivity contribution in [3.63, 3.8) is 0 Å². The van der Waals surface area contributed by atoms with Gasteiger partial charge in [0.1, 0.15) is 5.82 Å². The van der Waals surface area contributed by atoms with Gasteiger partial charge in [-0.15, -0.1) is 0 Å². The van der Waals surface area contributed by atoms with E-state index in [0.29, 0.717) is 12.5 Å². The Morgan fingerprint density at radius 2 is 2.21 bits per heavy atom. The van der Waals surface area contributed by atoms with E-state index in [1.807, 2.05) is 24.7 Å². The van der Waals surface area contributed by atoms with Crippen molar-refractivity contribution in [3.05, 3.63) is 30.2 Å². The summed E-state index contributed by atoms with van der Waals surface area (Å²) >= 11 is 0. The predicted molar refractivity (Wildman–Crippen MR) is 68.6 cm³/mol. The summed E-state index contributed by atoms with van der Waals surface area (Å²) in [6, 6.07) is 0. The molecule has 7 heteroatoms. The minimum absolute atomic E-state index is 0.0596. The van der Waals surface area contributed by atoms with E-state index in [1.54, 1.807) is 11.1 Å². The second kappa shape index (κ2) is 5.64. The highest BCUT2D eigenvalue weighted by molar-refractivity contribution is 5.31. The minimum Gasteiger partial charge on any atom is -0.479 e. The van der Waals surface area contributed by atoms with Crippen LogP contribution in [0.2, 0.25) is 0 Å². The largest absolute Gasteiger partial charge is 0.479 e. The zero-order valence-electron chi connectivity index (χ0n) is 11.2. The first kappa shape index (κ1) is 13.3. The van der Waals surface area contributed by atoms with Gasteiger partial charge in [-0.2, -0.15) is 9.37 Å². The van der Waals surface area contributed by atoms with Crippen LogP contribution in [0.3, 0.4) is 0 Å². The SMILES string of the molecule is CCn1ccnc1CN(C)c1ncc(F)c(OC)n1. The van der Waals surface area contributed by atoms with Crippen molar-refractivity contribution in [2.75, 3.05) is 19.1 Å². The van der Waals surface area contributed by atoms with E-state index in [2.05, 4.69) is 15.0 Å². The van der Waals surface area contributed by atoms with E-state index >= 15 is 0 Å². The number of rotatable bonds is 5. The van der Waals surface area contributed by atoms with E-state index in [4.69, 9.17) is 4.74 Å². The molecule has 0 atom stereocenters. The first-order valence-corrected chi connectivity index (χ1v) is 5.93. The average molecular weight is 265 g/mol. The van der Waals surface area contributed by atoms with Gasteiger partial charge >= 0.3 is 0 Å². The van der Waals surface area contributed by atoms with E-state index < -0.39 is 5.82 Å². The molecule has 0 aliphatic carbocycles. The lowest BCUT2D eigenvalue weighted by Gasteiger charge is -2.17. The Morgan fingerprint density at radius 1 is 1.42 bits per heavy atom. The third-order valence-corrected chi connectivity index (χ3v) is 2.75. The molecule has 102 valence electrons. The highest BCUT2D eigenvalue weighted by Gasteiger charge is 2.12.